The minimum Gasteiger partial charge on any atom is -0.327 e. The average molecular weight is 141 g/mol. The van der Waals surface area contributed by atoms with E-state index in [0.717, 1.165) is 6.54 Å². The third kappa shape index (κ3) is 4.57. The molecule has 0 aromatic heterocycles. The van der Waals surface area contributed by atoms with Crippen molar-refractivity contribution in [3.05, 3.63) is 11.6 Å². The van der Waals surface area contributed by atoms with Crippen LogP contribution in [0.1, 0.15) is 39.5 Å². The number of nitrogens with two attached hydrogens (primary N) is 1. The topological polar surface area (TPSA) is 26.0 Å². The molecule has 0 aliphatic rings. The fourth-order valence-electron chi connectivity index (χ4n) is 0.957. The van der Waals surface area contributed by atoms with E-state index < -0.39 is 0 Å². The molecule has 1 nitrogen and oxygen atoms in total. The van der Waals surface area contributed by atoms with E-state index in [1.165, 1.54) is 31.3 Å². The van der Waals surface area contributed by atoms with Gasteiger partial charge in [-0.25, -0.2) is 0 Å². The predicted octanol–water partition coefficient (Wildman–Crippen LogP) is 2.47. The zero-order valence-corrected chi connectivity index (χ0v) is 7.19. The second-order valence-corrected chi connectivity index (χ2v) is 2.61. The van der Waals surface area contributed by atoms with E-state index in [1.807, 2.05) is 0 Å². The van der Waals surface area contributed by atoms with Gasteiger partial charge in [-0.15, -0.1) is 0 Å². The molecule has 1 heteroatoms. The van der Waals surface area contributed by atoms with E-state index in [1.54, 1.807) is 0 Å². The van der Waals surface area contributed by atoms with Gasteiger partial charge in [0.05, 0.1) is 0 Å². The molecule has 0 aliphatic carbocycles. The van der Waals surface area contributed by atoms with Crippen LogP contribution in [-0.2, 0) is 0 Å². The molecule has 0 saturated heterocycles. The van der Waals surface area contributed by atoms with Crippen molar-refractivity contribution in [1.29, 1.82) is 0 Å². The summed E-state index contributed by atoms with van der Waals surface area (Å²) in [4.78, 5) is 0. The molecule has 0 fully saturated rings. The lowest BCUT2D eigenvalue weighted by Gasteiger charge is -2.00. The summed E-state index contributed by atoms with van der Waals surface area (Å²) in [6.45, 7) is 5.12. The van der Waals surface area contributed by atoms with Crippen molar-refractivity contribution in [1.82, 2.24) is 0 Å². The van der Waals surface area contributed by atoms with E-state index in [9.17, 15) is 0 Å². The lowest BCUT2D eigenvalue weighted by molar-refractivity contribution is 0.850. The molecule has 0 rings (SSSR count). The summed E-state index contributed by atoms with van der Waals surface area (Å²) in [5.41, 5.74) is 6.95. The summed E-state index contributed by atoms with van der Waals surface area (Å²) >= 11 is 0. The van der Waals surface area contributed by atoms with Crippen LogP contribution in [-0.4, -0.2) is 6.54 Å². The van der Waals surface area contributed by atoms with E-state index in [2.05, 4.69) is 19.9 Å². The normalized spacial score (nSPS) is 12.1. The van der Waals surface area contributed by atoms with Crippen LogP contribution in [0, 0.1) is 0 Å². The molecule has 0 amide bonds. The highest BCUT2D eigenvalue weighted by Crippen LogP contribution is 2.04. The Labute approximate surface area is 64.3 Å². The minimum atomic E-state index is 0.744. The van der Waals surface area contributed by atoms with Crippen LogP contribution in [0.5, 0.6) is 0 Å². The summed E-state index contributed by atoms with van der Waals surface area (Å²) < 4.78 is 0. The van der Waals surface area contributed by atoms with Gasteiger partial charge in [0, 0.05) is 6.54 Å². The standard InChI is InChI=1S/C9H19N/c1-3-5-7-9(8-10)6-4-2/h7H,3-6,8,10H2,1-2H3. The minimum absolute atomic E-state index is 0.744. The smallest absolute Gasteiger partial charge is 0.0136 e. The largest absolute Gasteiger partial charge is 0.327 e. The summed E-state index contributed by atoms with van der Waals surface area (Å²) in [6.07, 6.45) is 7.09. The Morgan fingerprint density at radius 1 is 1.30 bits per heavy atom. The molecule has 0 saturated carbocycles. The average Bonchev–Trinajstić information content (AvgIpc) is 1.98. The summed E-state index contributed by atoms with van der Waals surface area (Å²) in [6, 6.07) is 0. The SMILES string of the molecule is CCCC=C(CN)CCC. The highest BCUT2D eigenvalue weighted by molar-refractivity contribution is 5.02. The van der Waals surface area contributed by atoms with E-state index in [-0.39, 0.29) is 0 Å². The van der Waals surface area contributed by atoms with Crippen LogP contribution < -0.4 is 5.73 Å². The fraction of sp³-hybridized carbons (Fsp3) is 0.778. The maximum absolute atomic E-state index is 5.53. The van der Waals surface area contributed by atoms with Gasteiger partial charge in [-0.2, -0.15) is 0 Å². The summed E-state index contributed by atoms with van der Waals surface area (Å²) in [5, 5.41) is 0. The summed E-state index contributed by atoms with van der Waals surface area (Å²) in [7, 11) is 0. The quantitative estimate of drug-likeness (QED) is 0.585. The Morgan fingerprint density at radius 2 is 2.00 bits per heavy atom. The first-order chi connectivity index (χ1) is 4.85. The fourth-order valence-corrected chi connectivity index (χ4v) is 0.957. The molecule has 0 heterocycles. The second kappa shape index (κ2) is 6.81. The molecular formula is C9H19N. The lowest BCUT2D eigenvalue weighted by Crippen LogP contribution is -2.02. The molecule has 0 unspecified atom stereocenters. The van der Waals surface area contributed by atoms with Crippen molar-refractivity contribution in [3.8, 4) is 0 Å². The van der Waals surface area contributed by atoms with Crippen LogP contribution in [0.15, 0.2) is 11.6 Å². The Hall–Kier alpha value is -0.300. The van der Waals surface area contributed by atoms with Crippen molar-refractivity contribution in [2.24, 2.45) is 5.73 Å². The van der Waals surface area contributed by atoms with Crippen LogP contribution in [0.2, 0.25) is 0 Å². The maximum Gasteiger partial charge on any atom is 0.0136 e. The van der Waals surface area contributed by atoms with Crippen LogP contribution >= 0.6 is 0 Å². The molecule has 0 radical (unpaired) electrons. The van der Waals surface area contributed by atoms with Gasteiger partial charge in [-0.3, -0.25) is 0 Å². The molecule has 0 bridgehead atoms. The zero-order chi connectivity index (χ0) is 7.82. The van der Waals surface area contributed by atoms with Crippen LogP contribution in [0.4, 0.5) is 0 Å². The van der Waals surface area contributed by atoms with Gasteiger partial charge < -0.3 is 5.73 Å². The second-order valence-electron chi connectivity index (χ2n) is 2.61. The first kappa shape index (κ1) is 9.70. The zero-order valence-electron chi connectivity index (χ0n) is 7.19. The molecule has 0 spiro atoms. The van der Waals surface area contributed by atoms with Gasteiger partial charge in [0.1, 0.15) is 0 Å². The number of unbranched alkanes of at least 4 members (excludes halogenated alkanes) is 1. The van der Waals surface area contributed by atoms with Crippen molar-refractivity contribution >= 4 is 0 Å². The van der Waals surface area contributed by atoms with E-state index >= 15 is 0 Å². The lowest BCUT2D eigenvalue weighted by atomic mass is 10.1. The van der Waals surface area contributed by atoms with Crippen molar-refractivity contribution in [2.75, 3.05) is 6.54 Å². The van der Waals surface area contributed by atoms with E-state index in [4.69, 9.17) is 5.73 Å². The van der Waals surface area contributed by atoms with Gasteiger partial charge in [-0.1, -0.05) is 38.3 Å². The Bertz CT molecular complexity index is 94.9. The highest BCUT2D eigenvalue weighted by Gasteiger charge is 1.90. The molecule has 60 valence electrons. The van der Waals surface area contributed by atoms with Gasteiger partial charge >= 0.3 is 0 Å². The Balaban J connectivity index is 3.55. The number of hydrogen-bond acceptors (Lipinski definition) is 1. The Kier molecular flexibility index (Phi) is 6.61. The van der Waals surface area contributed by atoms with Gasteiger partial charge in [0.2, 0.25) is 0 Å². The number of rotatable bonds is 5. The first-order valence-electron chi connectivity index (χ1n) is 4.23. The predicted molar refractivity (Wildman–Crippen MR) is 47.0 cm³/mol. The van der Waals surface area contributed by atoms with Crippen LogP contribution in [0.25, 0.3) is 0 Å². The third-order valence-electron chi connectivity index (χ3n) is 1.55. The third-order valence-corrected chi connectivity index (χ3v) is 1.55. The van der Waals surface area contributed by atoms with Gasteiger partial charge in [0.25, 0.3) is 0 Å². The van der Waals surface area contributed by atoms with Crippen molar-refractivity contribution < 1.29 is 0 Å². The van der Waals surface area contributed by atoms with Crippen molar-refractivity contribution in [2.45, 2.75) is 39.5 Å². The number of hydrogen-bond donors (Lipinski definition) is 1. The number of allylic oxidation sites excluding steroid dienone is 1. The van der Waals surface area contributed by atoms with Gasteiger partial charge in [0.15, 0.2) is 0 Å². The maximum atomic E-state index is 5.53. The van der Waals surface area contributed by atoms with Crippen LogP contribution in [0.3, 0.4) is 0 Å². The Morgan fingerprint density at radius 3 is 2.40 bits per heavy atom. The van der Waals surface area contributed by atoms with Crippen molar-refractivity contribution in [3.63, 3.8) is 0 Å². The molecule has 0 aromatic carbocycles. The van der Waals surface area contributed by atoms with E-state index in [0.29, 0.717) is 0 Å². The summed E-state index contributed by atoms with van der Waals surface area (Å²) in [5.74, 6) is 0. The molecule has 10 heavy (non-hydrogen) atoms. The highest BCUT2D eigenvalue weighted by atomic mass is 14.5. The van der Waals surface area contributed by atoms with Gasteiger partial charge in [-0.05, 0) is 12.8 Å². The molecule has 0 atom stereocenters. The first-order valence-corrected chi connectivity index (χ1v) is 4.23. The monoisotopic (exact) mass is 141 g/mol. The molecule has 2 N–H and O–H groups in total. The molecule has 0 aromatic rings. The molecule has 0 aliphatic heterocycles. The molecular weight excluding hydrogens is 122 g/mol.